The molecule has 8 heteroatoms. The highest BCUT2D eigenvalue weighted by molar-refractivity contribution is 7.73. The molecule has 2 heterocycles. The number of hydrogen-bond acceptors (Lipinski definition) is 4. The van der Waals surface area contributed by atoms with Gasteiger partial charge in [0.15, 0.2) is 3.95 Å². The van der Waals surface area contributed by atoms with Crippen molar-refractivity contribution in [3.05, 3.63) is 75.8 Å². The minimum Gasteiger partial charge on any atom is -0.340 e. The number of halogens is 1. The molecular weight excluding hydrogens is 394 g/mol. The summed E-state index contributed by atoms with van der Waals surface area (Å²) >= 11 is 18.5. The average Bonchev–Trinajstić information content (AvgIpc) is 2.86. The van der Waals surface area contributed by atoms with Gasteiger partial charge in [0, 0.05) is 29.5 Å². The first-order valence-electron chi connectivity index (χ1n) is 7.44. The lowest BCUT2D eigenvalue weighted by molar-refractivity contribution is 0.769. The van der Waals surface area contributed by atoms with Crippen molar-refractivity contribution in [1.29, 1.82) is 0 Å². The van der Waals surface area contributed by atoms with Gasteiger partial charge in [-0.25, -0.2) is 4.79 Å². The predicted octanol–water partition coefficient (Wildman–Crippen LogP) is 4.88. The predicted molar refractivity (Wildman–Crippen MR) is 108 cm³/mol. The van der Waals surface area contributed by atoms with E-state index < -0.39 is 0 Å². The second-order valence-corrected chi connectivity index (χ2v) is 8.35. The van der Waals surface area contributed by atoms with Crippen LogP contribution in [0.25, 0.3) is 12.2 Å². The summed E-state index contributed by atoms with van der Waals surface area (Å²) in [6.45, 7) is 0. The molecule has 2 aromatic heterocycles. The molecule has 3 aromatic rings. The summed E-state index contributed by atoms with van der Waals surface area (Å²) in [6.07, 6.45) is 5.86. The molecule has 0 saturated heterocycles. The monoisotopic (exact) mass is 405 g/mol. The van der Waals surface area contributed by atoms with Crippen LogP contribution in [0.2, 0.25) is 5.02 Å². The van der Waals surface area contributed by atoms with Gasteiger partial charge in [-0.2, -0.15) is 0 Å². The van der Waals surface area contributed by atoms with E-state index in [9.17, 15) is 4.79 Å². The zero-order valence-corrected chi connectivity index (χ0v) is 16.2. The maximum Gasteiger partial charge on any atom is 0.326 e. The number of fused-ring (bicyclic) bond motifs is 2. The van der Waals surface area contributed by atoms with Crippen LogP contribution >= 0.6 is 47.4 Å². The Morgan fingerprint density at radius 1 is 1.20 bits per heavy atom. The summed E-state index contributed by atoms with van der Waals surface area (Å²) in [5.41, 5.74) is 3.65. The van der Waals surface area contributed by atoms with Crippen molar-refractivity contribution in [3.8, 4) is 0 Å². The van der Waals surface area contributed by atoms with Crippen molar-refractivity contribution in [1.82, 2.24) is 14.5 Å². The van der Waals surface area contributed by atoms with Crippen LogP contribution in [0.1, 0.15) is 33.2 Å². The third kappa shape index (κ3) is 2.87. The van der Waals surface area contributed by atoms with Crippen molar-refractivity contribution >= 4 is 59.5 Å². The van der Waals surface area contributed by atoms with Crippen LogP contribution < -0.4 is 5.69 Å². The molecule has 126 valence electrons. The Bertz CT molecular complexity index is 1200. The summed E-state index contributed by atoms with van der Waals surface area (Å²) in [5.74, 6) is -0.166. The first-order valence-corrected chi connectivity index (χ1v) is 9.45. The van der Waals surface area contributed by atoms with Gasteiger partial charge in [-0.1, -0.05) is 36.0 Å². The van der Waals surface area contributed by atoms with E-state index in [1.54, 1.807) is 13.2 Å². The lowest BCUT2D eigenvalue weighted by atomic mass is 9.88. The molecule has 1 aliphatic carbocycles. The number of rotatable bonds is 1. The highest BCUT2D eigenvalue weighted by Gasteiger charge is 2.27. The van der Waals surface area contributed by atoms with Crippen LogP contribution in [0.3, 0.4) is 0 Å². The number of hydrogen-bond donors (Lipinski definition) is 2. The van der Waals surface area contributed by atoms with Gasteiger partial charge in [-0.3, -0.25) is 4.98 Å². The molecule has 1 aromatic carbocycles. The summed E-state index contributed by atoms with van der Waals surface area (Å²) < 4.78 is 2.63. The molecule has 1 aliphatic rings. The molecule has 2 N–H and O–H groups in total. The van der Waals surface area contributed by atoms with Gasteiger partial charge in [0.05, 0.1) is 10.8 Å². The number of thiazole rings is 1. The van der Waals surface area contributed by atoms with E-state index in [1.165, 1.54) is 15.9 Å². The molecule has 0 saturated carbocycles. The second kappa shape index (κ2) is 6.17. The van der Waals surface area contributed by atoms with Crippen molar-refractivity contribution in [3.63, 3.8) is 0 Å². The van der Waals surface area contributed by atoms with Crippen molar-refractivity contribution in [2.75, 3.05) is 0 Å². The summed E-state index contributed by atoms with van der Waals surface area (Å²) in [5, 5.41) is 0.672. The first kappa shape index (κ1) is 16.7. The fraction of sp³-hybridized carbons (Fsp3) is 0.118. The molecule has 0 bridgehead atoms. The maximum atomic E-state index is 11.9. The Morgan fingerprint density at radius 3 is 2.80 bits per heavy atom. The second-order valence-electron chi connectivity index (χ2n) is 5.79. The number of nitrogens with zero attached hydrogens (tertiary/aromatic N) is 1. The molecule has 0 spiro atoms. The molecule has 0 aliphatic heterocycles. The fourth-order valence-corrected chi connectivity index (χ4v) is 4.67. The number of aromatic amines is 2. The van der Waals surface area contributed by atoms with E-state index in [0.29, 0.717) is 13.6 Å². The number of aromatic nitrogens is 3. The van der Waals surface area contributed by atoms with E-state index in [1.807, 2.05) is 30.4 Å². The van der Waals surface area contributed by atoms with E-state index in [4.69, 9.17) is 36.0 Å². The minimum absolute atomic E-state index is 0.166. The maximum absolute atomic E-state index is 11.9. The van der Waals surface area contributed by atoms with Crippen LogP contribution in [-0.2, 0) is 7.05 Å². The van der Waals surface area contributed by atoms with Gasteiger partial charge in [0.25, 0.3) is 0 Å². The van der Waals surface area contributed by atoms with Crippen LogP contribution in [0, 0.1) is 8.59 Å². The Morgan fingerprint density at radius 2 is 2.00 bits per heavy atom. The van der Waals surface area contributed by atoms with Gasteiger partial charge >= 0.3 is 5.69 Å². The Labute approximate surface area is 162 Å². The van der Waals surface area contributed by atoms with Crippen molar-refractivity contribution < 1.29 is 0 Å². The third-order valence-corrected chi connectivity index (χ3v) is 6.00. The Balaban J connectivity index is 2.09. The number of benzene rings is 1. The molecular formula is C17H12ClN3OS3. The Hall–Kier alpha value is -1.80. The molecule has 1 atom stereocenters. The van der Waals surface area contributed by atoms with Gasteiger partial charge < -0.3 is 9.55 Å². The lowest BCUT2D eigenvalue weighted by Gasteiger charge is -2.19. The minimum atomic E-state index is -0.240. The number of nitrogens with one attached hydrogen (secondary N) is 2. The van der Waals surface area contributed by atoms with E-state index >= 15 is 0 Å². The summed E-state index contributed by atoms with van der Waals surface area (Å²) in [6, 6.07) is 5.79. The van der Waals surface area contributed by atoms with E-state index in [0.717, 1.165) is 27.3 Å². The number of aryl methyl sites for hydroxylation is 1. The standard InChI is InChI=1S/C17H12ClN3OS3/c1-21-7-11(15(23)20-16(21)22)13-10-4-3-9(18)6-8(10)2-5-12-14(13)19-17(24)25-12/h2-7,13H,1H3,(H,19,24)(H,20,22,23). The van der Waals surface area contributed by atoms with Gasteiger partial charge in [0.2, 0.25) is 0 Å². The van der Waals surface area contributed by atoms with Gasteiger partial charge in [-0.15, -0.1) is 11.3 Å². The molecule has 4 rings (SSSR count). The first-order chi connectivity index (χ1) is 11.9. The highest BCUT2D eigenvalue weighted by atomic mass is 35.5. The molecule has 0 radical (unpaired) electrons. The highest BCUT2D eigenvalue weighted by Crippen LogP contribution is 2.40. The Kier molecular flexibility index (Phi) is 4.11. The van der Waals surface area contributed by atoms with Crippen LogP contribution in [0.15, 0.2) is 29.2 Å². The van der Waals surface area contributed by atoms with Gasteiger partial charge in [-0.05, 0) is 41.6 Å². The van der Waals surface area contributed by atoms with E-state index in [2.05, 4.69) is 9.97 Å². The van der Waals surface area contributed by atoms with E-state index in [-0.39, 0.29) is 11.6 Å². The molecule has 4 nitrogen and oxygen atoms in total. The van der Waals surface area contributed by atoms with Crippen LogP contribution in [-0.4, -0.2) is 14.5 Å². The van der Waals surface area contributed by atoms with Gasteiger partial charge in [0.1, 0.15) is 4.64 Å². The average molecular weight is 406 g/mol. The molecule has 0 fully saturated rings. The van der Waals surface area contributed by atoms with Crippen molar-refractivity contribution in [2.24, 2.45) is 7.05 Å². The van der Waals surface area contributed by atoms with Crippen molar-refractivity contribution in [2.45, 2.75) is 5.92 Å². The zero-order valence-electron chi connectivity index (χ0n) is 13.0. The molecule has 1 unspecified atom stereocenters. The summed E-state index contributed by atoms with van der Waals surface area (Å²) in [7, 11) is 1.70. The number of H-pyrrole nitrogens is 2. The molecule has 0 amide bonds. The largest absolute Gasteiger partial charge is 0.340 e. The lowest BCUT2D eigenvalue weighted by Crippen LogP contribution is -2.22. The normalized spacial score (nSPS) is 15.5. The van der Waals surface area contributed by atoms with Crippen LogP contribution in [0.5, 0.6) is 0 Å². The molecule has 25 heavy (non-hydrogen) atoms. The topological polar surface area (TPSA) is 53.6 Å². The third-order valence-electron chi connectivity index (χ3n) is 4.21. The van der Waals surface area contributed by atoms with Crippen LogP contribution in [0.4, 0.5) is 0 Å². The SMILES string of the molecule is Cn1cc(C2c3ccc(Cl)cc3C=Cc3sc(=S)[nH]c32)c(=S)[nH]c1=O. The summed E-state index contributed by atoms with van der Waals surface area (Å²) in [4.78, 5) is 19.0. The zero-order chi connectivity index (χ0) is 17.7. The fourth-order valence-electron chi connectivity index (χ4n) is 3.08. The quantitative estimate of drug-likeness (QED) is 0.444. The smallest absolute Gasteiger partial charge is 0.326 e.